The molecule has 0 aliphatic heterocycles. The molecule has 0 N–H and O–H groups in total. The van der Waals surface area contributed by atoms with Crippen LogP contribution in [-0.4, -0.2) is 4.98 Å². The number of benzene rings is 1. The molecule has 1 radical (unpaired) electrons. The molecule has 0 amide bonds. The minimum Gasteiger partial charge on any atom is -0.326 e. The molecular weight excluding hydrogens is 335 g/mol. The van der Waals surface area contributed by atoms with Crippen LogP contribution in [0.4, 0.5) is 0 Å². The zero-order valence-corrected chi connectivity index (χ0v) is 14.1. The second-order valence-corrected chi connectivity index (χ2v) is 2.96. The van der Waals surface area contributed by atoms with Crippen molar-refractivity contribution < 1.29 is 41.3 Å². The first-order valence-corrected chi connectivity index (χ1v) is 5.42. The van der Waals surface area contributed by atoms with Crippen LogP contribution in [0.1, 0.15) is 25.1 Å². The number of para-hydroxylation sites is 1. The van der Waals surface area contributed by atoms with Crippen molar-refractivity contribution >= 4 is 23.1 Å². The second-order valence-electron chi connectivity index (χ2n) is 2.96. The SMILES string of the molecule is C=Cc1[c-]c2ccccc2nc1C=C.CC.[Pr]. The predicted octanol–water partition coefficient (Wildman–Crippen LogP) is 4.35. The van der Waals surface area contributed by atoms with Crippen molar-refractivity contribution in [1.29, 1.82) is 0 Å². The molecule has 2 aromatic rings. The second kappa shape index (κ2) is 8.55. The predicted molar refractivity (Wildman–Crippen MR) is 72.1 cm³/mol. The summed E-state index contributed by atoms with van der Waals surface area (Å²) in [6, 6.07) is 11.1. The third-order valence-electron chi connectivity index (χ3n) is 2.09. The molecule has 0 atom stereocenters. The topological polar surface area (TPSA) is 12.9 Å². The molecule has 1 aromatic carbocycles. The van der Waals surface area contributed by atoms with Gasteiger partial charge < -0.3 is 4.98 Å². The standard InChI is InChI=1S/C13H10N.C2H6.Pr/c1-3-10-9-11-7-5-6-8-13(11)14-12(10)4-2;1-2;/h3-8H,1-2H2;1-2H3;/q-1;;. The summed E-state index contributed by atoms with van der Waals surface area (Å²) in [5.74, 6) is 0. The van der Waals surface area contributed by atoms with Crippen LogP contribution in [0.15, 0.2) is 37.4 Å². The van der Waals surface area contributed by atoms with Crippen molar-refractivity contribution in [2.24, 2.45) is 0 Å². The minimum atomic E-state index is 0. The molecule has 0 aliphatic rings. The normalized spacial score (nSPS) is 8.59. The summed E-state index contributed by atoms with van der Waals surface area (Å²) in [6.45, 7) is 11.4. The monoisotopic (exact) mass is 351 g/mol. The van der Waals surface area contributed by atoms with Crippen LogP contribution in [0, 0.1) is 47.4 Å². The van der Waals surface area contributed by atoms with Gasteiger partial charge in [-0.3, -0.25) is 0 Å². The zero-order chi connectivity index (χ0) is 12.0. The molecule has 85 valence electrons. The van der Waals surface area contributed by atoms with E-state index in [1.165, 1.54) is 0 Å². The largest absolute Gasteiger partial charge is 0.326 e. The molecule has 0 fully saturated rings. The summed E-state index contributed by atoms with van der Waals surface area (Å²) in [5.41, 5.74) is 2.67. The molecule has 0 bridgehead atoms. The number of aromatic nitrogens is 1. The van der Waals surface area contributed by atoms with Gasteiger partial charge in [-0.1, -0.05) is 49.1 Å². The van der Waals surface area contributed by atoms with Gasteiger partial charge in [-0.2, -0.15) is 0 Å². The Bertz CT molecular complexity index is 457. The maximum Gasteiger partial charge on any atom is 0 e. The van der Waals surface area contributed by atoms with Crippen LogP contribution in [0.2, 0.25) is 0 Å². The Morgan fingerprint density at radius 1 is 1.12 bits per heavy atom. The summed E-state index contributed by atoms with van der Waals surface area (Å²) >= 11 is 0. The maximum atomic E-state index is 4.44. The molecule has 2 heteroatoms. The Morgan fingerprint density at radius 3 is 2.35 bits per heavy atom. The van der Waals surface area contributed by atoms with Gasteiger partial charge in [-0.15, -0.1) is 31.4 Å². The molecule has 17 heavy (non-hydrogen) atoms. The molecule has 1 heterocycles. The minimum absolute atomic E-state index is 0. The summed E-state index contributed by atoms with van der Waals surface area (Å²) in [6.07, 6.45) is 3.47. The van der Waals surface area contributed by atoms with Crippen molar-refractivity contribution in [2.75, 3.05) is 0 Å². The van der Waals surface area contributed by atoms with Gasteiger partial charge in [0.15, 0.2) is 0 Å². The molecule has 0 saturated heterocycles. The van der Waals surface area contributed by atoms with Gasteiger partial charge in [0.05, 0.1) is 0 Å². The summed E-state index contributed by atoms with van der Waals surface area (Å²) in [5, 5.41) is 1.01. The Morgan fingerprint density at radius 2 is 1.76 bits per heavy atom. The Labute approximate surface area is 137 Å². The van der Waals surface area contributed by atoms with Gasteiger partial charge >= 0.3 is 0 Å². The third kappa shape index (κ3) is 4.01. The van der Waals surface area contributed by atoms with E-state index < -0.39 is 0 Å². The van der Waals surface area contributed by atoms with Gasteiger partial charge in [0.2, 0.25) is 0 Å². The number of hydrogen-bond acceptors (Lipinski definition) is 1. The summed E-state index contributed by atoms with van der Waals surface area (Å²) in [4.78, 5) is 4.44. The first-order valence-electron chi connectivity index (χ1n) is 5.42. The molecule has 1 aromatic heterocycles. The third-order valence-corrected chi connectivity index (χ3v) is 2.09. The van der Waals surface area contributed by atoms with E-state index in [4.69, 9.17) is 0 Å². The van der Waals surface area contributed by atoms with E-state index in [-0.39, 0.29) is 41.3 Å². The van der Waals surface area contributed by atoms with Crippen molar-refractivity contribution in [1.82, 2.24) is 4.98 Å². The van der Waals surface area contributed by atoms with Crippen LogP contribution in [0.25, 0.3) is 23.1 Å². The Kier molecular flexibility index (Phi) is 8.28. The smallest absolute Gasteiger partial charge is 0 e. The van der Waals surface area contributed by atoms with Gasteiger partial charge in [0.25, 0.3) is 0 Å². The number of rotatable bonds is 2. The van der Waals surface area contributed by atoms with Crippen molar-refractivity contribution in [3.05, 3.63) is 54.7 Å². The van der Waals surface area contributed by atoms with Crippen LogP contribution >= 0.6 is 0 Å². The number of nitrogens with zero attached hydrogens (tertiary/aromatic N) is 1. The van der Waals surface area contributed by atoms with Crippen LogP contribution in [0.5, 0.6) is 0 Å². The van der Waals surface area contributed by atoms with Crippen molar-refractivity contribution in [2.45, 2.75) is 13.8 Å². The molecule has 2 rings (SSSR count). The van der Waals surface area contributed by atoms with Crippen LogP contribution in [-0.2, 0) is 0 Å². The first kappa shape index (κ1) is 16.5. The zero-order valence-electron chi connectivity index (χ0n) is 10.4. The average molecular weight is 351 g/mol. The fraction of sp³-hybridized carbons (Fsp3) is 0.133. The summed E-state index contributed by atoms with van der Waals surface area (Å²) < 4.78 is 0. The van der Waals surface area contributed by atoms with E-state index in [0.29, 0.717) is 0 Å². The maximum absolute atomic E-state index is 4.44. The molecular formula is C15H16NPr-. The summed E-state index contributed by atoms with van der Waals surface area (Å²) in [7, 11) is 0. The first-order chi connectivity index (χ1) is 7.85. The number of hydrogen-bond donors (Lipinski definition) is 0. The van der Waals surface area contributed by atoms with Crippen molar-refractivity contribution in [3.63, 3.8) is 0 Å². The molecule has 0 spiro atoms. The fourth-order valence-electron chi connectivity index (χ4n) is 1.39. The molecule has 1 nitrogen and oxygen atoms in total. The van der Waals surface area contributed by atoms with E-state index in [0.717, 1.165) is 22.2 Å². The van der Waals surface area contributed by atoms with Crippen LogP contribution in [0.3, 0.4) is 0 Å². The average Bonchev–Trinajstić information content (AvgIpc) is 2.39. The fourth-order valence-corrected chi connectivity index (χ4v) is 1.39. The van der Waals surface area contributed by atoms with Gasteiger partial charge in [0.1, 0.15) is 0 Å². The Balaban J connectivity index is 0.000000811. The van der Waals surface area contributed by atoms with Gasteiger partial charge in [-0.25, -0.2) is 0 Å². The van der Waals surface area contributed by atoms with E-state index in [9.17, 15) is 0 Å². The van der Waals surface area contributed by atoms with Crippen molar-refractivity contribution in [3.8, 4) is 0 Å². The number of pyridine rings is 1. The molecule has 0 aliphatic carbocycles. The van der Waals surface area contributed by atoms with Gasteiger partial charge in [-0.05, 0) is 11.2 Å². The number of fused-ring (bicyclic) bond motifs is 1. The quantitative estimate of drug-likeness (QED) is 0.734. The van der Waals surface area contributed by atoms with E-state index in [2.05, 4.69) is 24.2 Å². The molecule has 0 saturated carbocycles. The van der Waals surface area contributed by atoms with E-state index >= 15 is 0 Å². The Hall–Kier alpha value is -0.526. The van der Waals surface area contributed by atoms with Gasteiger partial charge in [0, 0.05) is 41.3 Å². The molecule has 0 unspecified atom stereocenters. The van der Waals surface area contributed by atoms with E-state index in [1.54, 1.807) is 12.2 Å². The van der Waals surface area contributed by atoms with Crippen LogP contribution < -0.4 is 0 Å². The van der Waals surface area contributed by atoms with E-state index in [1.807, 2.05) is 38.1 Å².